The van der Waals surface area contributed by atoms with Gasteiger partial charge < -0.3 is 15.2 Å². The number of hydrogen-bond donors (Lipinski definition) is 1. The molecular formula is C10H11N3O4S. The lowest BCUT2D eigenvalue weighted by Gasteiger charge is -2.32. The minimum atomic E-state index is -1.23. The fourth-order valence-electron chi connectivity index (χ4n) is 1.34. The zero-order valence-corrected chi connectivity index (χ0v) is 10.6. The summed E-state index contributed by atoms with van der Waals surface area (Å²) in [4.78, 5) is 31.0. The molecule has 1 aliphatic heterocycles. The van der Waals surface area contributed by atoms with Crippen LogP contribution in [0.3, 0.4) is 0 Å². The molecule has 0 amide bonds. The first-order chi connectivity index (χ1) is 8.39. The van der Waals surface area contributed by atoms with Gasteiger partial charge in [-0.05, 0) is 0 Å². The second-order valence-corrected chi connectivity index (χ2v) is 5.12. The number of carbonyl (C=O) groups excluding carboxylic acids is 2. The van der Waals surface area contributed by atoms with E-state index in [1.165, 1.54) is 26.4 Å². The first kappa shape index (κ1) is 12.6. The second-order valence-electron chi connectivity index (χ2n) is 4.02. The molecule has 0 aliphatic carbocycles. The van der Waals surface area contributed by atoms with E-state index >= 15 is 0 Å². The summed E-state index contributed by atoms with van der Waals surface area (Å²) >= 11 is 0.883. The Morgan fingerprint density at radius 2 is 1.94 bits per heavy atom. The van der Waals surface area contributed by atoms with Crippen LogP contribution in [0.15, 0.2) is 17.6 Å². The van der Waals surface area contributed by atoms with Crippen molar-refractivity contribution in [2.24, 2.45) is 0 Å². The molecule has 0 spiro atoms. The van der Waals surface area contributed by atoms with E-state index in [2.05, 4.69) is 9.97 Å². The van der Waals surface area contributed by atoms with Crippen LogP contribution in [-0.4, -0.2) is 32.9 Å². The number of nitrogens with zero attached hydrogens (tertiary/aromatic N) is 2. The second kappa shape index (κ2) is 4.45. The molecule has 8 heteroatoms. The molecule has 2 heterocycles. The molecule has 1 fully saturated rings. The van der Waals surface area contributed by atoms with E-state index in [9.17, 15) is 9.59 Å². The largest absolute Gasteiger partial charge is 0.422 e. The molecule has 2 rings (SSSR count). The third-order valence-electron chi connectivity index (χ3n) is 2.05. The molecule has 0 aromatic carbocycles. The maximum Gasteiger partial charge on any atom is 0.334 e. The summed E-state index contributed by atoms with van der Waals surface area (Å²) in [7, 11) is 0. The number of hydrogen-bond acceptors (Lipinski definition) is 8. The Morgan fingerprint density at radius 1 is 1.33 bits per heavy atom. The van der Waals surface area contributed by atoms with Gasteiger partial charge in [-0.2, -0.15) is 0 Å². The van der Waals surface area contributed by atoms with Crippen LogP contribution in [-0.2, 0) is 19.1 Å². The Balaban J connectivity index is 2.18. The van der Waals surface area contributed by atoms with Crippen molar-refractivity contribution in [2.75, 3.05) is 5.73 Å². The quantitative estimate of drug-likeness (QED) is 0.466. The van der Waals surface area contributed by atoms with Crippen LogP contribution < -0.4 is 5.73 Å². The highest BCUT2D eigenvalue weighted by atomic mass is 32.2. The number of anilines is 1. The van der Waals surface area contributed by atoms with Crippen molar-refractivity contribution in [1.82, 2.24) is 9.97 Å². The molecule has 1 aliphatic rings. The number of esters is 2. The van der Waals surface area contributed by atoms with Gasteiger partial charge in [-0.3, -0.25) is 9.59 Å². The van der Waals surface area contributed by atoms with Crippen molar-refractivity contribution < 1.29 is 19.1 Å². The van der Waals surface area contributed by atoms with Crippen molar-refractivity contribution in [3.63, 3.8) is 0 Å². The number of nitrogen functional groups attached to an aromatic ring is 1. The van der Waals surface area contributed by atoms with E-state index in [-0.39, 0.29) is 5.69 Å². The number of thioether (sulfide) groups is 1. The number of ether oxygens (including phenoxy) is 2. The molecule has 7 nitrogen and oxygen atoms in total. The molecule has 1 saturated heterocycles. The van der Waals surface area contributed by atoms with Gasteiger partial charge in [-0.25, -0.2) is 9.97 Å². The summed E-state index contributed by atoms with van der Waals surface area (Å²) in [5.74, 6) is -2.57. The Kier molecular flexibility index (Phi) is 3.12. The van der Waals surface area contributed by atoms with Gasteiger partial charge >= 0.3 is 11.9 Å². The molecule has 1 aromatic heterocycles. The fraction of sp³-hybridized carbons (Fsp3) is 0.400. The lowest BCUT2D eigenvalue weighted by Crippen LogP contribution is -2.48. The van der Waals surface area contributed by atoms with Gasteiger partial charge in [0.25, 0.3) is 5.79 Å². The summed E-state index contributed by atoms with van der Waals surface area (Å²) < 4.78 is 9.96. The minimum absolute atomic E-state index is 0.285. The lowest BCUT2D eigenvalue weighted by atomic mass is 10.3. The molecule has 18 heavy (non-hydrogen) atoms. The predicted molar refractivity (Wildman–Crippen MR) is 62.4 cm³/mol. The summed E-state index contributed by atoms with van der Waals surface area (Å²) in [6, 6.07) is 0. The van der Waals surface area contributed by atoms with Crippen molar-refractivity contribution in [2.45, 2.75) is 29.9 Å². The average molecular weight is 269 g/mol. The molecule has 0 atom stereocenters. The lowest BCUT2D eigenvalue weighted by molar-refractivity contribution is -0.230. The molecular weight excluding hydrogens is 258 g/mol. The minimum Gasteiger partial charge on any atom is -0.422 e. The van der Waals surface area contributed by atoms with E-state index in [4.69, 9.17) is 15.2 Å². The Morgan fingerprint density at radius 3 is 2.50 bits per heavy atom. The molecule has 0 saturated carbocycles. The summed E-state index contributed by atoms with van der Waals surface area (Å²) in [6.45, 7) is 2.98. The number of cyclic esters (lactones) is 2. The zero-order chi connectivity index (χ0) is 13.3. The smallest absolute Gasteiger partial charge is 0.334 e. The summed E-state index contributed by atoms with van der Waals surface area (Å²) in [5.41, 5.74) is 5.92. The highest BCUT2D eigenvalue weighted by molar-refractivity contribution is 8.01. The van der Waals surface area contributed by atoms with Crippen LogP contribution in [0.25, 0.3) is 0 Å². The molecule has 2 N–H and O–H groups in total. The number of rotatable bonds is 2. The van der Waals surface area contributed by atoms with E-state index < -0.39 is 23.0 Å². The van der Waals surface area contributed by atoms with Crippen molar-refractivity contribution in [1.29, 1.82) is 0 Å². The van der Waals surface area contributed by atoms with Crippen molar-refractivity contribution in [3.05, 3.63) is 12.5 Å². The maximum absolute atomic E-state index is 11.7. The van der Waals surface area contributed by atoms with Crippen LogP contribution in [0.1, 0.15) is 13.8 Å². The Hall–Kier alpha value is -1.83. The Labute approximate surface area is 107 Å². The highest BCUT2D eigenvalue weighted by Crippen LogP contribution is 2.32. The number of carbonyl (C=O) groups is 2. The predicted octanol–water partition coefficient (Wildman–Crippen LogP) is 0.356. The molecule has 0 bridgehead atoms. The van der Waals surface area contributed by atoms with Crippen molar-refractivity contribution >= 4 is 29.4 Å². The monoisotopic (exact) mass is 269 g/mol. The topological polar surface area (TPSA) is 104 Å². The van der Waals surface area contributed by atoms with Crippen LogP contribution in [0.4, 0.5) is 5.69 Å². The third-order valence-corrected chi connectivity index (χ3v) is 3.24. The molecule has 96 valence electrons. The van der Waals surface area contributed by atoms with Crippen LogP contribution in [0, 0.1) is 0 Å². The first-order valence-electron chi connectivity index (χ1n) is 5.07. The van der Waals surface area contributed by atoms with E-state index in [0.717, 1.165) is 11.8 Å². The van der Waals surface area contributed by atoms with Gasteiger partial charge in [0.1, 0.15) is 11.4 Å². The SMILES string of the molecule is CC1(C)OC(=O)C(Sc2ncncc2N)C(=O)O1. The summed E-state index contributed by atoms with van der Waals surface area (Å²) in [6.07, 6.45) is 2.67. The van der Waals surface area contributed by atoms with Gasteiger partial charge in [0.2, 0.25) is 5.25 Å². The van der Waals surface area contributed by atoms with Crippen molar-refractivity contribution in [3.8, 4) is 0 Å². The van der Waals surface area contributed by atoms with E-state index in [0.29, 0.717) is 5.03 Å². The van der Waals surface area contributed by atoms with Gasteiger partial charge in [0.05, 0.1) is 11.9 Å². The number of aromatic nitrogens is 2. The van der Waals surface area contributed by atoms with E-state index in [1.807, 2.05) is 0 Å². The standard InChI is InChI=1S/C10H11N3O4S/c1-10(2)16-8(14)6(9(15)17-10)18-7-5(11)3-12-4-13-7/h3-4,6H,11H2,1-2H3. The van der Waals surface area contributed by atoms with Gasteiger partial charge in [0, 0.05) is 13.8 Å². The molecule has 0 unspecified atom stereocenters. The first-order valence-corrected chi connectivity index (χ1v) is 5.95. The third kappa shape index (κ3) is 2.53. The molecule has 1 aromatic rings. The summed E-state index contributed by atoms with van der Waals surface area (Å²) in [5, 5.41) is -0.779. The molecule has 0 radical (unpaired) electrons. The average Bonchev–Trinajstić information content (AvgIpc) is 2.24. The number of nitrogens with two attached hydrogens (primary N) is 1. The van der Waals surface area contributed by atoms with Crippen LogP contribution >= 0.6 is 11.8 Å². The van der Waals surface area contributed by atoms with Gasteiger partial charge in [0.15, 0.2) is 0 Å². The fourth-order valence-corrected chi connectivity index (χ4v) is 2.15. The van der Waals surface area contributed by atoms with Crippen LogP contribution in [0.2, 0.25) is 0 Å². The Bertz CT molecular complexity index is 486. The van der Waals surface area contributed by atoms with Crippen LogP contribution in [0.5, 0.6) is 0 Å². The highest BCUT2D eigenvalue weighted by Gasteiger charge is 2.44. The normalized spacial score (nSPS) is 19.2. The zero-order valence-electron chi connectivity index (χ0n) is 9.75. The van der Waals surface area contributed by atoms with E-state index in [1.54, 1.807) is 0 Å². The maximum atomic E-state index is 11.7. The van der Waals surface area contributed by atoms with Gasteiger partial charge in [-0.1, -0.05) is 11.8 Å². The van der Waals surface area contributed by atoms with Gasteiger partial charge in [-0.15, -0.1) is 0 Å².